The van der Waals surface area contributed by atoms with Gasteiger partial charge >= 0.3 is 0 Å². The predicted octanol–water partition coefficient (Wildman–Crippen LogP) is 0.650. The zero-order valence-electron chi connectivity index (χ0n) is 15.8. The number of carbonyl (C=O) groups excluding carboxylic acids is 4. The second-order valence-electron chi connectivity index (χ2n) is 7.07. The van der Waals surface area contributed by atoms with Crippen molar-refractivity contribution in [3.63, 3.8) is 0 Å². The van der Waals surface area contributed by atoms with E-state index in [4.69, 9.17) is 10.00 Å². The molecular weight excluding hydrogens is 376 g/mol. The highest BCUT2D eigenvalue weighted by molar-refractivity contribution is 6.05. The third-order valence-corrected chi connectivity index (χ3v) is 5.20. The van der Waals surface area contributed by atoms with Gasteiger partial charge in [0.1, 0.15) is 11.8 Å². The second kappa shape index (κ2) is 9.19. The molecule has 2 fully saturated rings. The van der Waals surface area contributed by atoms with Gasteiger partial charge in [0.05, 0.1) is 17.4 Å². The SMILES string of the molecule is N#Cc1ccccc1OCC(=O)NNC(=O)CCN1C(=O)C2CCCCC2C1=O. The third kappa shape index (κ3) is 4.71. The number of hydrogen-bond donors (Lipinski definition) is 2. The Kier molecular flexibility index (Phi) is 6.44. The minimum Gasteiger partial charge on any atom is -0.482 e. The quantitative estimate of drug-likeness (QED) is 0.535. The number of hydrazine groups is 1. The van der Waals surface area contributed by atoms with Gasteiger partial charge in [-0.15, -0.1) is 0 Å². The Morgan fingerprint density at radius 1 is 1.07 bits per heavy atom. The highest BCUT2D eigenvalue weighted by atomic mass is 16.5. The van der Waals surface area contributed by atoms with E-state index in [1.54, 1.807) is 24.3 Å². The van der Waals surface area contributed by atoms with Gasteiger partial charge in [0, 0.05) is 13.0 Å². The summed E-state index contributed by atoms with van der Waals surface area (Å²) in [5, 5.41) is 8.97. The molecule has 9 nitrogen and oxygen atoms in total. The van der Waals surface area contributed by atoms with Crippen molar-refractivity contribution in [1.82, 2.24) is 15.8 Å². The van der Waals surface area contributed by atoms with E-state index in [1.807, 2.05) is 6.07 Å². The van der Waals surface area contributed by atoms with Crippen LogP contribution < -0.4 is 15.6 Å². The molecule has 1 aliphatic heterocycles. The number of nitriles is 1. The average Bonchev–Trinajstić information content (AvgIpc) is 2.99. The van der Waals surface area contributed by atoms with Crippen LogP contribution in [0.3, 0.4) is 0 Å². The monoisotopic (exact) mass is 398 g/mol. The molecule has 1 saturated carbocycles. The maximum absolute atomic E-state index is 12.4. The summed E-state index contributed by atoms with van der Waals surface area (Å²) in [7, 11) is 0. The number of nitrogens with one attached hydrogen (secondary N) is 2. The smallest absolute Gasteiger partial charge is 0.276 e. The fourth-order valence-corrected chi connectivity index (χ4v) is 3.73. The number of ether oxygens (including phenoxy) is 1. The van der Waals surface area contributed by atoms with Crippen LogP contribution in [0.25, 0.3) is 0 Å². The van der Waals surface area contributed by atoms with E-state index in [0.717, 1.165) is 25.7 Å². The number of para-hydroxylation sites is 1. The fraction of sp³-hybridized carbons (Fsp3) is 0.450. The average molecular weight is 398 g/mol. The van der Waals surface area contributed by atoms with Crippen LogP contribution in [0.5, 0.6) is 5.75 Å². The van der Waals surface area contributed by atoms with E-state index in [2.05, 4.69) is 10.9 Å². The van der Waals surface area contributed by atoms with Gasteiger partial charge in [-0.3, -0.25) is 34.9 Å². The number of amides is 4. The summed E-state index contributed by atoms with van der Waals surface area (Å²) in [6, 6.07) is 8.43. The van der Waals surface area contributed by atoms with Gasteiger partial charge in [0.15, 0.2) is 6.61 Å². The lowest BCUT2D eigenvalue weighted by Gasteiger charge is -2.19. The fourth-order valence-electron chi connectivity index (χ4n) is 3.73. The summed E-state index contributed by atoms with van der Waals surface area (Å²) >= 11 is 0. The van der Waals surface area contributed by atoms with Crippen molar-refractivity contribution in [3.05, 3.63) is 29.8 Å². The summed E-state index contributed by atoms with van der Waals surface area (Å²) in [4.78, 5) is 49.7. The van der Waals surface area contributed by atoms with Gasteiger partial charge in [-0.2, -0.15) is 5.26 Å². The van der Waals surface area contributed by atoms with E-state index in [0.29, 0.717) is 5.56 Å². The van der Waals surface area contributed by atoms with Crippen LogP contribution in [0.2, 0.25) is 0 Å². The first kappa shape index (κ1) is 20.3. The highest BCUT2D eigenvalue weighted by Crippen LogP contribution is 2.37. The predicted molar refractivity (Wildman–Crippen MR) is 99.7 cm³/mol. The van der Waals surface area contributed by atoms with Crippen LogP contribution in [-0.4, -0.2) is 41.7 Å². The van der Waals surface area contributed by atoms with Crippen LogP contribution in [0.4, 0.5) is 0 Å². The number of imide groups is 1. The van der Waals surface area contributed by atoms with Crippen molar-refractivity contribution in [2.75, 3.05) is 13.2 Å². The Morgan fingerprint density at radius 3 is 2.34 bits per heavy atom. The number of likely N-dealkylation sites (tertiary alicyclic amines) is 1. The Labute approximate surface area is 168 Å². The molecule has 1 saturated heterocycles. The molecule has 152 valence electrons. The summed E-state index contributed by atoms with van der Waals surface area (Å²) in [5.74, 6) is -1.73. The molecule has 2 N–H and O–H groups in total. The van der Waals surface area contributed by atoms with Crippen molar-refractivity contribution in [2.24, 2.45) is 11.8 Å². The number of fused-ring (bicyclic) bond motifs is 1. The zero-order chi connectivity index (χ0) is 20.8. The van der Waals surface area contributed by atoms with E-state index in [-0.39, 0.29) is 49.0 Å². The Morgan fingerprint density at radius 2 is 1.69 bits per heavy atom. The molecule has 0 radical (unpaired) electrons. The number of benzene rings is 1. The van der Waals surface area contributed by atoms with Crippen LogP contribution in [0, 0.1) is 23.2 Å². The lowest BCUT2D eigenvalue weighted by Crippen LogP contribution is -2.45. The standard InChI is InChI=1S/C20H22N4O5/c21-11-13-5-1-4-8-16(13)29-12-18(26)23-22-17(25)9-10-24-19(27)14-6-2-3-7-15(14)20(24)28/h1,4-5,8,14-15H,2-3,6-7,9-10,12H2,(H,22,25)(H,23,26). The number of nitrogens with zero attached hydrogens (tertiary/aromatic N) is 2. The molecule has 4 amide bonds. The number of carbonyl (C=O) groups is 4. The topological polar surface area (TPSA) is 129 Å². The van der Waals surface area contributed by atoms with Gasteiger partial charge in [0.2, 0.25) is 17.7 Å². The Bertz CT molecular complexity index is 839. The number of hydrogen-bond acceptors (Lipinski definition) is 6. The van der Waals surface area contributed by atoms with Gasteiger partial charge in [-0.05, 0) is 25.0 Å². The molecule has 0 aromatic heterocycles. The first-order chi connectivity index (χ1) is 14.0. The van der Waals surface area contributed by atoms with E-state index in [1.165, 1.54) is 4.90 Å². The minimum atomic E-state index is -0.606. The first-order valence-corrected chi connectivity index (χ1v) is 9.56. The normalized spacial score (nSPS) is 20.6. The largest absolute Gasteiger partial charge is 0.482 e. The molecule has 3 rings (SSSR count). The maximum Gasteiger partial charge on any atom is 0.276 e. The molecular formula is C20H22N4O5. The lowest BCUT2D eigenvalue weighted by atomic mass is 9.81. The van der Waals surface area contributed by atoms with Gasteiger partial charge in [0.25, 0.3) is 5.91 Å². The van der Waals surface area contributed by atoms with Crippen molar-refractivity contribution >= 4 is 23.6 Å². The molecule has 1 aromatic rings. The molecule has 1 aromatic carbocycles. The van der Waals surface area contributed by atoms with Gasteiger partial charge in [-0.25, -0.2) is 0 Å². The highest BCUT2D eigenvalue weighted by Gasteiger charge is 2.47. The first-order valence-electron chi connectivity index (χ1n) is 9.56. The Balaban J connectivity index is 1.40. The van der Waals surface area contributed by atoms with Gasteiger partial charge in [-0.1, -0.05) is 25.0 Å². The van der Waals surface area contributed by atoms with Crippen LogP contribution in [-0.2, 0) is 19.2 Å². The van der Waals surface area contributed by atoms with E-state index < -0.39 is 11.8 Å². The molecule has 9 heteroatoms. The van der Waals surface area contributed by atoms with Crippen molar-refractivity contribution in [2.45, 2.75) is 32.1 Å². The summed E-state index contributed by atoms with van der Waals surface area (Å²) < 4.78 is 5.26. The molecule has 0 bridgehead atoms. The maximum atomic E-state index is 12.4. The summed E-state index contributed by atoms with van der Waals surface area (Å²) in [6.45, 7) is -0.385. The van der Waals surface area contributed by atoms with E-state index in [9.17, 15) is 19.2 Å². The lowest BCUT2D eigenvalue weighted by molar-refractivity contribution is -0.140. The van der Waals surface area contributed by atoms with Crippen LogP contribution in [0.1, 0.15) is 37.7 Å². The summed E-state index contributed by atoms with van der Waals surface area (Å²) in [6.07, 6.45) is 3.24. The minimum absolute atomic E-state index is 0.00157. The molecule has 1 heterocycles. The van der Waals surface area contributed by atoms with Crippen LogP contribution in [0.15, 0.2) is 24.3 Å². The molecule has 29 heavy (non-hydrogen) atoms. The molecule has 2 unspecified atom stereocenters. The third-order valence-electron chi connectivity index (χ3n) is 5.20. The van der Waals surface area contributed by atoms with E-state index >= 15 is 0 Å². The van der Waals surface area contributed by atoms with Crippen molar-refractivity contribution in [3.8, 4) is 11.8 Å². The second-order valence-corrected chi connectivity index (χ2v) is 7.07. The van der Waals surface area contributed by atoms with Crippen LogP contribution >= 0.6 is 0 Å². The van der Waals surface area contributed by atoms with Crippen molar-refractivity contribution in [1.29, 1.82) is 5.26 Å². The number of rotatable bonds is 6. The molecule has 0 spiro atoms. The zero-order valence-corrected chi connectivity index (χ0v) is 15.8. The molecule has 2 aliphatic rings. The Hall–Kier alpha value is -3.41. The summed E-state index contributed by atoms with van der Waals surface area (Å²) in [5.41, 5.74) is 4.73. The molecule has 1 aliphatic carbocycles. The molecule has 2 atom stereocenters. The van der Waals surface area contributed by atoms with Gasteiger partial charge < -0.3 is 4.74 Å². The van der Waals surface area contributed by atoms with Crippen molar-refractivity contribution < 1.29 is 23.9 Å².